The van der Waals surface area contributed by atoms with Gasteiger partial charge in [-0.3, -0.25) is 19.2 Å². The summed E-state index contributed by atoms with van der Waals surface area (Å²) in [4.78, 5) is 46.9. The molecule has 8 nitrogen and oxygen atoms in total. The van der Waals surface area contributed by atoms with Gasteiger partial charge in [0, 0.05) is 36.9 Å². The number of carbonyl (C=O) groups is 4. The van der Waals surface area contributed by atoms with Gasteiger partial charge in [-0.15, -0.1) is 0 Å². The highest BCUT2D eigenvalue weighted by Gasteiger charge is 2.29. The number of nitrogens with one attached hydrogen (secondary N) is 3. The number of carboxylic acids is 1. The van der Waals surface area contributed by atoms with Gasteiger partial charge < -0.3 is 21.1 Å². The van der Waals surface area contributed by atoms with Gasteiger partial charge in [0.15, 0.2) is 0 Å². The van der Waals surface area contributed by atoms with Crippen LogP contribution in [0, 0.1) is 0 Å². The van der Waals surface area contributed by atoms with Crippen molar-refractivity contribution >= 4 is 23.7 Å². The third-order valence-corrected chi connectivity index (χ3v) is 4.54. The molecule has 0 aliphatic carbocycles. The number of carboxylic acid groups (broad SMARTS) is 1. The van der Waals surface area contributed by atoms with Crippen LogP contribution in [0.3, 0.4) is 0 Å². The second-order valence-electron chi connectivity index (χ2n) is 8.14. The molecule has 0 aromatic heterocycles. The molecular weight excluding hydrogens is 362 g/mol. The van der Waals surface area contributed by atoms with E-state index in [4.69, 9.17) is 5.11 Å². The van der Waals surface area contributed by atoms with E-state index < -0.39 is 17.4 Å². The van der Waals surface area contributed by atoms with E-state index in [1.807, 2.05) is 20.8 Å². The fourth-order valence-electron chi connectivity index (χ4n) is 3.06. The van der Waals surface area contributed by atoms with E-state index in [-0.39, 0.29) is 43.0 Å². The second-order valence-corrected chi connectivity index (χ2v) is 8.14. The van der Waals surface area contributed by atoms with Crippen LogP contribution < -0.4 is 16.0 Å². The van der Waals surface area contributed by atoms with Gasteiger partial charge in [0.2, 0.25) is 17.7 Å². The molecule has 0 aliphatic heterocycles. The van der Waals surface area contributed by atoms with Gasteiger partial charge in [-0.1, -0.05) is 13.3 Å². The molecule has 0 saturated carbocycles. The lowest BCUT2D eigenvalue weighted by atomic mass is 9.89. The van der Waals surface area contributed by atoms with Crippen LogP contribution >= 0.6 is 0 Å². The monoisotopic (exact) mass is 399 g/mol. The third-order valence-electron chi connectivity index (χ3n) is 4.54. The molecule has 0 aliphatic rings. The summed E-state index contributed by atoms with van der Waals surface area (Å²) in [5.74, 6) is -1.67. The molecule has 0 rings (SSSR count). The molecule has 0 saturated heterocycles. The molecule has 1 unspecified atom stereocenters. The van der Waals surface area contributed by atoms with Crippen molar-refractivity contribution in [2.75, 3.05) is 6.54 Å². The van der Waals surface area contributed by atoms with Gasteiger partial charge in [0.1, 0.15) is 0 Å². The number of rotatable bonds is 14. The molecule has 0 bridgehead atoms. The Morgan fingerprint density at radius 2 is 1.29 bits per heavy atom. The maximum atomic E-state index is 12.3. The zero-order chi connectivity index (χ0) is 21.8. The Bertz CT molecular complexity index is 548. The average molecular weight is 400 g/mol. The Hall–Kier alpha value is -2.12. The highest BCUT2D eigenvalue weighted by molar-refractivity contribution is 5.82. The van der Waals surface area contributed by atoms with Crippen molar-refractivity contribution in [2.24, 2.45) is 0 Å². The van der Waals surface area contributed by atoms with Gasteiger partial charge in [-0.25, -0.2) is 0 Å². The molecule has 0 radical (unpaired) electrons. The predicted octanol–water partition coefficient (Wildman–Crippen LogP) is 2.12. The van der Waals surface area contributed by atoms with E-state index in [1.54, 1.807) is 6.92 Å². The standard InChI is InChI=1S/C20H37N3O5/c1-6-12-19(3,4)22-17(26)11-14-20(5,13-10-15(24)21-7-2)23-16(25)8-9-18(27)28/h6-14H2,1-5H3,(H,21,24)(H,22,26)(H,23,25)(H,27,28). The molecule has 0 aromatic carbocycles. The topological polar surface area (TPSA) is 125 Å². The fraction of sp³-hybridized carbons (Fsp3) is 0.800. The van der Waals surface area contributed by atoms with Crippen molar-refractivity contribution in [3.8, 4) is 0 Å². The van der Waals surface area contributed by atoms with Crippen molar-refractivity contribution in [3.05, 3.63) is 0 Å². The number of aliphatic carboxylic acids is 1. The van der Waals surface area contributed by atoms with Gasteiger partial charge in [0.05, 0.1) is 6.42 Å². The van der Waals surface area contributed by atoms with E-state index in [2.05, 4.69) is 22.9 Å². The molecule has 0 aromatic rings. The average Bonchev–Trinajstić information content (AvgIpc) is 2.56. The van der Waals surface area contributed by atoms with Gasteiger partial charge in [-0.2, -0.15) is 0 Å². The van der Waals surface area contributed by atoms with E-state index in [9.17, 15) is 19.2 Å². The van der Waals surface area contributed by atoms with Crippen LogP contribution in [0.25, 0.3) is 0 Å². The molecule has 162 valence electrons. The summed E-state index contributed by atoms with van der Waals surface area (Å²) in [6.07, 6.45) is 2.56. The summed E-state index contributed by atoms with van der Waals surface area (Å²) in [6, 6.07) is 0. The molecule has 3 amide bonds. The van der Waals surface area contributed by atoms with Crippen LogP contribution in [0.15, 0.2) is 0 Å². The fourth-order valence-corrected chi connectivity index (χ4v) is 3.06. The molecule has 0 fully saturated rings. The largest absolute Gasteiger partial charge is 0.481 e. The Kier molecular flexibility index (Phi) is 11.4. The maximum Gasteiger partial charge on any atom is 0.303 e. The van der Waals surface area contributed by atoms with Crippen LogP contribution in [0.4, 0.5) is 0 Å². The lowest BCUT2D eigenvalue weighted by Gasteiger charge is -2.32. The first-order valence-corrected chi connectivity index (χ1v) is 10.0. The Morgan fingerprint density at radius 3 is 1.79 bits per heavy atom. The molecule has 28 heavy (non-hydrogen) atoms. The summed E-state index contributed by atoms with van der Waals surface area (Å²) >= 11 is 0. The first-order chi connectivity index (χ1) is 12.9. The van der Waals surface area contributed by atoms with Gasteiger partial charge >= 0.3 is 5.97 Å². The quantitative estimate of drug-likeness (QED) is 0.356. The second kappa shape index (κ2) is 12.4. The lowest BCUT2D eigenvalue weighted by molar-refractivity contribution is -0.139. The normalized spacial score (nSPS) is 13.3. The van der Waals surface area contributed by atoms with Crippen molar-refractivity contribution < 1.29 is 24.3 Å². The van der Waals surface area contributed by atoms with Crippen LogP contribution in [-0.4, -0.2) is 46.4 Å². The van der Waals surface area contributed by atoms with Crippen LogP contribution in [0.5, 0.6) is 0 Å². The number of carbonyl (C=O) groups excluding carboxylic acids is 3. The van der Waals surface area contributed by atoms with E-state index in [0.29, 0.717) is 19.4 Å². The minimum atomic E-state index is -1.04. The Balaban J connectivity index is 4.90. The summed E-state index contributed by atoms with van der Waals surface area (Å²) in [6.45, 7) is 10.1. The smallest absolute Gasteiger partial charge is 0.303 e. The minimum Gasteiger partial charge on any atom is -0.481 e. The van der Waals surface area contributed by atoms with Crippen LogP contribution in [0.1, 0.15) is 86.0 Å². The summed E-state index contributed by atoms with van der Waals surface area (Å²) in [7, 11) is 0. The maximum absolute atomic E-state index is 12.3. The summed E-state index contributed by atoms with van der Waals surface area (Å²) in [5.41, 5.74) is -1.07. The highest BCUT2D eigenvalue weighted by atomic mass is 16.4. The van der Waals surface area contributed by atoms with E-state index >= 15 is 0 Å². The first kappa shape index (κ1) is 25.9. The Labute approximate surface area is 168 Å². The zero-order valence-corrected chi connectivity index (χ0v) is 17.9. The van der Waals surface area contributed by atoms with E-state index in [0.717, 1.165) is 12.8 Å². The van der Waals surface area contributed by atoms with Crippen molar-refractivity contribution in [3.63, 3.8) is 0 Å². The Morgan fingerprint density at radius 1 is 0.750 bits per heavy atom. The minimum absolute atomic E-state index is 0.109. The lowest BCUT2D eigenvalue weighted by Crippen LogP contribution is -2.48. The molecule has 1 atom stereocenters. The van der Waals surface area contributed by atoms with Crippen LogP contribution in [0.2, 0.25) is 0 Å². The van der Waals surface area contributed by atoms with Crippen LogP contribution in [-0.2, 0) is 19.2 Å². The van der Waals surface area contributed by atoms with Gasteiger partial charge in [0.25, 0.3) is 0 Å². The predicted molar refractivity (Wildman–Crippen MR) is 108 cm³/mol. The highest BCUT2D eigenvalue weighted by Crippen LogP contribution is 2.21. The molecule has 4 N–H and O–H groups in total. The van der Waals surface area contributed by atoms with Crippen molar-refractivity contribution in [2.45, 2.75) is 97.1 Å². The van der Waals surface area contributed by atoms with Gasteiger partial charge in [-0.05, 0) is 47.0 Å². The SMILES string of the molecule is CCCC(C)(C)NC(=O)CCC(C)(CCC(=O)NCC)NC(=O)CCC(=O)O. The van der Waals surface area contributed by atoms with E-state index in [1.165, 1.54) is 0 Å². The molecule has 0 heterocycles. The number of amides is 3. The molecule has 8 heteroatoms. The van der Waals surface area contributed by atoms with Crippen molar-refractivity contribution in [1.29, 1.82) is 0 Å². The molecular formula is C20H37N3O5. The first-order valence-electron chi connectivity index (χ1n) is 10.0. The number of hydrogen-bond acceptors (Lipinski definition) is 4. The number of hydrogen-bond donors (Lipinski definition) is 4. The summed E-state index contributed by atoms with van der Waals surface area (Å²) < 4.78 is 0. The summed E-state index contributed by atoms with van der Waals surface area (Å²) in [5, 5.41) is 17.3. The van der Waals surface area contributed by atoms with Crippen molar-refractivity contribution in [1.82, 2.24) is 16.0 Å². The zero-order valence-electron chi connectivity index (χ0n) is 17.9. The third kappa shape index (κ3) is 12.3. The molecule has 0 spiro atoms.